The molecule has 7 nitrogen and oxygen atoms in total. The van der Waals surface area contributed by atoms with Crippen LogP contribution in [-0.4, -0.2) is 29.0 Å². The van der Waals surface area contributed by atoms with Gasteiger partial charge in [0.2, 0.25) is 5.82 Å². The highest BCUT2D eigenvalue weighted by Gasteiger charge is 2.32. The van der Waals surface area contributed by atoms with Gasteiger partial charge in [0.1, 0.15) is 11.6 Å². The minimum Gasteiger partial charge on any atom is -0.347 e. The summed E-state index contributed by atoms with van der Waals surface area (Å²) in [5.41, 5.74) is 5.60. The Morgan fingerprint density at radius 3 is 3.05 bits per heavy atom. The average molecular weight is 275 g/mol. The van der Waals surface area contributed by atoms with Gasteiger partial charge in [0.25, 0.3) is 0 Å². The van der Waals surface area contributed by atoms with Crippen molar-refractivity contribution in [1.29, 1.82) is 5.26 Å². The van der Waals surface area contributed by atoms with Gasteiger partial charge in [0.15, 0.2) is 0 Å². The number of nitriles is 1. The molecule has 0 bridgehead atoms. The van der Waals surface area contributed by atoms with Gasteiger partial charge in [-0.2, -0.15) is 5.26 Å². The maximum Gasteiger partial charge on any atom is 0.329 e. The zero-order valence-electron chi connectivity index (χ0n) is 11.3. The third-order valence-corrected chi connectivity index (χ3v) is 3.73. The van der Waals surface area contributed by atoms with Crippen LogP contribution in [0.25, 0.3) is 0 Å². The van der Waals surface area contributed by atoms with Crippen LogP contribution in [0, 0.1) is 27.4 Å². The van der Waals surface area contributed by atoms with Gasteiger partial charge in [-0.15, -0.1) is 0 Å². The van der Waals surface area contributed by atoms with Gasteiger partial charge >= 0.3 is 5.69 Å². The molecule has 20 heavy (non-hydrogen) atoms. The Balaban J connectivity index is 2.46. The molecule has 0 aromatic carbocycles. The van der Waals surface area contributed by atoms with Gasteiger partial charge < -0.3 is 10.6 Å². The fourth-order valence-electron chi connectivity index (χ4n) is 2.68. The summed E-state index contributed by atoms with van der Waals surface area (Å²) in [4.78, 5) is 16.7. The van der Waals surface area contributed by atoms with Crippen molar-refractivity contribution in [3.8, 4) is 6.07 Å². The lowest BCUT2D eigenvalue weighted by atomic mass is 9.92. The predicted octanol–water partition coefficient (Wildman–Crippen LogP) is 1.43. The van der Waals surface area contributed by atoms with Crippen molar-refractivity contribution in [3.05, 3.63) is 27.9 Å². The van der Waals surface area contributed by atoms with E-state index in [0.29, 0.717) is 19.0 Å². The lowest BCUT2D eigenvalue weighted by Crippen LogP contribution is -2.47. The molecule has 1 saturated heterocycles. The Morgan fingerprint density at radius 1 is 1.70 bits per heavy atom. The predicted molar refractivity (Wildman–Crippen MR) is 74.2 cm³/mol. The molecule has 2 N–H and O–H groups in total. The van der Waals surface area contributed by atoms with E-state index in [1.807, 2.05) is 11.0 Å². The van der Waals surface area contributed by atoms with Crippen LogP contribution in [0.4, 0.5) is 11.5 Å². The number of hydrogen-bond acceptors (Lipinski definition) is 6. The average Bonchev–Trinajstić information content (AvgIpc) is 2.46. The van der Waals surface area contributed by atoms with Gasteiger partial charge in [0, 0.05) is 25.3 Å². The summed E-state index contributed by atoms with van der Waals surface area (Å²) in [7, 11) is 0. The molecule has 0 spiro atoms. The summed E-state index contributed by atoms with van der Waals surface area (Å²) in [6.07, 6.45) is 3.25. The zero-order valence-corrected chi connectivity index (χ0v) is 11.3. The summed E-state index contributed by atoms with van der Waals surface area (Å²) < 4.78 is 0. The van der Waals surface area contributed by atoms with Crippen LogP contribution in [0.3, 0.4) is 0 Å². The van der Waals surface area contributed by atoms with Crippen molar-refractivity contribution in [3.63, 3.8) is 0 Å². The lowest BCUT2D eigenvalue weighted by Gasteiger charge is -2.38. The molecular formula is C13H17N5O2. The Bertz CT molecular complexity index is 554. The summed E-state index contributed by atoms with van der Waals surface area (Å²) in [6.45, 7) is 3.24. The SMILES string of the molecule is CC1CCN(c2nccc(C#N)c2[N+](=O)[O-])C(CN)C1. The largest absolute Gasteiger partial charge is 0.347 e. The van der Waals surface area contributed by atoms with Crippen molar-refractivity contribution in [1.82, 2.24) is 4.98 Å². The zero-order chi connectivity index (χ0) is 14.7. The lowest BCUT2D eigenvalue weighted by molar-refractivity contribution is -0.384. The van der Waals surface area contributed by atoms with E-state index in [0.717, 1.165) is 12.8 Å². The van der Waals surface area contributed by atoms with Crippen LogP contribution in [-0.2, 0) is 0 Å². The molecule has 1 fully saturated rings. The van der Waals surface area contributed by atoms with Crippen molar-refractivity contribution in [2.24, 2.45) is 11.7 Å². The molecule has 0 saturated carbocycles. The Hall–Kier alpha value is -2.20. The second-order valence-corrected chi connectivity index (χ2v) is 5.11. The van der Waals surface area contributed by atoms with E-state index < -0.39 is 4.92 Å². The first-order valence-electron chi connectivity index (χ1n) is 6.58. The number of pyridine rings is 1. The third-order valence-electron chi connectivity index (χ3n) is 3.73. The molecule has 1 aromatic rings. The molecule has 2 heterocycles. The number of nitrogens with two attached hydrogens (primary N) is 1. The minimum atomic E-state index is -0.535. The number of nitrogens with zero attached hydrogens (tertiary/aromatic N) is 4. The van der Waals surface area contributed by atoms with Crippen LogP contribution in [0.1, 0.15) is 25.3 Å². The molecule has 106 valence electrons. The molecular weight excluding hydrogens is 258 g/mol. The maximum atomic E-state index is 11.3. The highest BCUT2D eigenvalue weighted by molar-refractivity contribution is 5.66. The normalized spacial score (nSPS) is 22.4. The first-order valence-corrected chi connectivity index (χ1v) is 6.58. The van der Waals surface area contributed by atoms with E-state index >= 15 is 0 Å². The number of piperidine rings is 1. The summed E-state index contributed by atoms with van der Waals surface area (Å²) in [5, 5.41) is 20.3. The van der Waals surface area contributed by atoms with Gasteiger partial charge in [-0.05, 0) is 24.8 Å². The summed E-state index contributed by atoms with van der Waals surface area (Å²) >= 11 is 0. The first kappa shape index (κ1) is 14.2. The second-order valence-electron chi connectivity index (χ2n) is 5.11. The van der Waals surface area contributed by atoms with E-state index in [1.165, 1.54) is 12.3 Å². The fourth-order valence-corrected chi connectivity index (χ4v) is 2.68. The van der Waals surface area contributed by atoms with Gasteiger partial charge in [-0.3, -0.25) is 10.1 Å². The minimum absolute atomic E-state index is 0.0268. The monoisotopic (exact) mass is 275 g/mol. The topological polar surface area (TPSA) is 109 Å². The smallest absolute Gasteiger partial charge is 0.329 e. The van der Waals surface area contributed by atoms with Gasteiger partial charge in [-0.1, -0.05) is 6.92 Å². The van der Waals surface area contributed by atoms with Crippen LogP contribution in [0.15, 0.2) is 12.3 Å². The van der Waals surface area contributed by atoms with Crippen LogP contribution < -0.4 is 10.6 Å². The molecule has 1 aromatic heterocycles. The number of nitro groups is 1. The van der Waals surface area contributed by atoms with Gasteiger partial charge in [0.05, 0.1) is 4.92 Å². The van der Waals surface area contributed by atoms with Crippen LogP contribution in [0.2, 0.25) is 0 Å². The Labute approximate surface area is 117 Å². The molecule has 0 amide bonds. The van der Waals surface area contributed by atoms with Crippen molar-refractivity contribution < 1.29 is 4.92 Å². The molecule has 7 heteroatoms. The summed E-state index contributed by atoms with van der Waals surface area (Å²) in [6, 6.07) is 3.25. The fraction of sp³-hybridized carbons (Fsp3) is 0.538. The van der Waals surface area contributed by atoms with Crippen molar-refractivity contribution in [2.75, 3.05) is 18.0 Å². The van der Waals surface area contributed by atoms with E-state index in [9.17, 15) is 10.1 Å². The molecule has 2 atom stereocenters. The molecule has 2 unspecified atom stereocenters. The van der Waals surface area contributed by atoms with Gasteiger partial charge in [-0.25, -0.2) is 4.98 Å². The number of anilines is 1. The number of aromatic nitrogens is 1. The summed E-state index contributed by atoms with van der Waals surface area (Å²) in [5.74, 6) is 0.800. The standard InChI is InChI=1S/C13H17N5O2/c1-9-3-5-17(11(6-9)8-15)13-12(18(19)20)10(7-14)2-4-16-13/h2,4,9,11H,3,5-6,8,15H2,1H3. The van der Waals surface area contributed by atoms with E-state index in [1.54, 1.807) is 0 Å². The molecule has 2 rings (SSSR count). The first-order chi connectivity index (χ1) is 9.58. The third kappa shape index (κ3) is 2.56. The van der Waals surface area contributed by atoms with Crippen LogP contribution >= 0.6 is 0 Å². The number of hydrogen-bond donors (Lipinski definition) is 1. The molecule has 1 aliphatic rings. The highest BCUT2D eigenvalue weighted by Crippen LogP contribution is 2.34. The Morgan fingerprint density at radius 2 is 2.45 bits per heavy atom. The quantitative estimate of drug-likeness (QED) is 0.660. The Kier molecular flexibility index (Phi) is 4.15. The maximum absolute atomic E-state index is 11.3. The van der Waals surface area contributed by atoms with E-state index in [2.05, 4.69) is 11.9 Å². The highest BCUT2D eigenvalue weighted by atomic mass is 16.6. The van der Waals surface area contributed by atoms with Crippen LogP contribution in [0.5, 0.6) is 0 Å². The molecule has 0 aliphatic carbocycles. The second kappa shape index (κ2) is 5.84. The molecule has 1 aliphatic heterocycles. The van der Waals surface area contributed by atoms with E-state index in [-0.39, 0.29) is 23.1 Å². The van der Waals surface area contributed by atoms with Crippen molar-refractivity contribution in [2.45, 2.75) is 25.8 Å². The van der Waals surface area contributed by atoms with E-state index in [4.69, 9.17) is 11.0 Å². The van der Waals surface area contributed by atoms with Crippen molar-refractivity contribution >= 4 is 11.5 Å². The number of rotatable bonds is 3. The molecule has 0 radical (unpaired) electrons.